The summed E-state index contributed by atoms with van der Waals surface area (Å²) in [5.41, 5.74) is 6.85. The van der Waals surface area contributed by atoms with Gasteiger partial charge in [0.1, 0.15) is 7.05 Å². The summed E-state index contributed by atoms with van der Waals surface area (Å²) in [5, 5.41) is 0. The van der Waals surface area contributed by atoms with Gasteiger partial charge in [-0.2, -0.15) is 0 Å². The molecule has 0 bridgehead atoms. The fraction of sp³-hybridized carbons (Fsp3) is 0.350. The van der Waals surface area contributed by atoms with Crippen LogP contribution in [0, 0.1) is 26.2 Å². The van der Waals surface area contributed by atoms with Gasteiger partial charge in [0.2, 0.25) is 5.71 Å². The zero-order chi connectivity index (χ0) is 15.2. The van der Waals surface area contributed by atoms with Crippen molar-refractivity contribution in [2.45, 2.75) is 33.7 Å². The Kier molecular flexibility index (Phi) is 3.24. The first-order valence-corrected chi connectivity index (χ1v) is 7.66. The molecular formula is C20H24N+. The van der Waals surface area contributed by atoms with Crippen LogP contribution in [0.15, 0.2) is 48.6 Å². The smallest absolute Gasteiger partial charge is 0.207 e. The number of rotatable bonds is 1. The average Bonchev–Trinajstić information content (AvgIpc) is 2.43. The summed E-state index contributed by atoms with van der Waals surface area (Å²) in [6, 6.07) is 4.96. The molecule has 0 amide bonds. The number of nitrogens with zero attached hydrogens (tertiary/aromatic N) is 1. The number of benzene rings is 1. The van der Waals surface area contributed by atoms with E-state index in [-0.39, 0.29) is 5.41 Å². The third kappa shape index (κ3) is 2.21. The molecule has 1 aliphatic heterocycles. The van der Waals surface area contributed by atoms with Crippen LogP contribution in [-0.4, -0.2) is 23.4 Å². The highest BCUT2D eigenvalue weighted by Gasteiger charge is 2.40. The van der Waals surface area contributed by atoms with Crippen LogP contribution in [0.4, 0.5) is 0 Å². The lowest BCUT2D eigenvalue weighted by Gasteiger charge is -2.32. The molecule has 1 aromatic carbocycles. The van der Waals surface area contributed by atoms with E-state index in [0.29, 0.717) is 6.04 Å². The number of likely N-dealkylation sites (N-methyl/N-ethyl adjacent to an activating group) is 1. The molecule has 1 heteroatoms. The van der Waals surface area contributed by atoms with Gasteiger partial charge in [0.05, 0.1) is 5.41 Å². The molecule has 0 N–H and O–H groups in total. The zero-order valence-corrected chi connectivity index (χ0v) is 13.6. The van der Waals surface area contributed by atoms with Gasteiger partial charge in [-0.25, -0.2) is 4.58 Å². The van der Waals surface area contributed by atoms with Crippen LogP contribution in [0.25, 0.3) is 0 Å². The monoisotopic (exact) mass is 278 g/mol. The minimum atomic E-state index is 0.0970. The van der Waals surface area contributed by atoms with E-state index >= 15 is 0 Å². The SMILES string of the molecule is Cc1cc(C)c(C)c(C2=[N+](C)C3C=CC=CC3(C)C=C2)c1. The number of aryl methyl sites for hydroxylation is 2. The third-order valence-electron chi connectivity index (χ3n) is 4.98. The summed E-state index contributed by atoms with van der Waals surface area (Å²) >= 11 is 0. The van der Waals surface area contributed by atoms with Gasteiger partial charge in [-0.1, -0.05) is 35.9 Å². The molecule has 3 rings (SSSR count). The summed E-state index contributed by atoms with van der Waals surface area (Å²) in [7, 11) is 2.21. The Hall–Kier alpha value is -1.89. The topological polar surface area (TPSA) is 3.01 Å². The first-order valence-electron chi connectivity index (χ1n) is 7.66. The first-order chi connectivity index (χ1) is 9.92. The molecule has 2 atom stereocenters. The molecule has 1 heterocycles. The van der Waals surface area contributed by atoms with Gasteiger partial charge in [-0.05, 0) is 51.0 Å². The first kappa shape index (κ1) is 14.1. The quantitative estimate of drug-likeness (QED) is 0.680. The largest absolute Gasteiger partial charge is 0.224 e. The standard InChI is InChI=1S/C20H24N/c1-14-12-15(2)16(3)17(13-14)18-9-11-20(4)10-7-6-8-19(20)21(18)5/h6-13,19H,1-5H3/q+1. The van der Waals surface area contributed by atoms with Crippen LogP contribution >= 0.6 is 0 Å². The Morgan fingerprint density at radius 1 is 1.05 bits per heavy atom. The Morgan fingerprint density at radius 2 is 1.81 bits per heavy atom. The van der Waals surface area contributed by atoms with Crippen molar-refractivity contribution in [3.63, 3.8) is 0 Å². The van der Waals surface area contributed by atoms with Crippen molar-refractivity contribution in [3.05, 3.63) is 70.8 Å². The van der Waals surface area contributed by atoms with Crippen LogP contribution in [0.5, 0.6) is 0 Å². The highest BCUT2D eigenvalue weighted by Crippen LogP contribution is 2.34. The lowest BCUT2D eigenvalue weighted by Crippen LogP contribution is -2.42. The maximum atomic E-state index is 2.42. The van der Waals surface area contributed by atoms with Crippen molar-refractivity contribution in [1.82, 2.24) is 0 Å². The third-order valence-corrected chi connectivity index (χ3v) is 4.98. The van der Waals surface area contributed by atoms with Crippen molar-refractivity contribution < 1.29 is 4.58 Å². The second kappa shape index (κ2) is 4.84. The van der Waals surface area contributed by atoms with Crippen LogP contribution in [0.3, 0.4) is 0 Å². The number of fused-ring (bicyclic) bond motifs is 1. The second-order valence-electron chi connectivity index (χ2n) is 6.64. The second-order valence-corrected chi connectivity index (χ2v) is 6.64. The van der Waals surface area contributed by atoms with Crippen molar-refractivity contribution >= 4 is 5.71 Å². The van der Waals surface area contributed by atoms with E-state index in [1.807, 2.05) is 0 Å². The molecule has 2 aliphatic rings. The Morgan fingerprint density at radius 3 is 2.57 bits per heavy atom. The molecule has 0 saturated heterocycles. The molecule has 0 radical (unpaired) electrons. The highest BCUT2D eigenvalue weighted by molar-refractivity contribution is 6.07. The molecule has 0 spiro atoms. The van der Waals surface area contributed by atoms with Gasteiger partial charge in [-0.3, -0.25) is 0 Å². The maximum absolute atomic E-state index is 2.42. The van der Waals surface area contributed by atoms with Gasteiger partial charge < -0.3 is 0 Å². The number of allylic oxidation sites excluding steroid dienone is 3. The van der Waals surface area contributed by atoms with Crippen LogP contribution < -0.4 is 0 Å². The zero-order valence-electron chi connectivity index (χ0n) is 13.6. The molecular weight excluding hydrogens is 254 g/mol. The minimum Gasteiger partial charge on any atom is -0.224 e. The predicted molar refractivity (Wildman–Crippen MR) is 90.3 cm³/mol. The Balaban J connectivity index is 2.17. The molecule has 21 heavy (non-hydrogen) atoms. The lowest BCUT2D eigenvalue weighted by molar-refractivity contribution is -0.538. The van der Waals surface area contributed by atoms with Crippen LogP contribution in [0.1, 0.15) is 29.2 Å². The molecule has 0 aromatic heterocycles. The van der Waals surface area contributed by atoms with Crippen LogP contribution in [0.2, 0.25) is 0 Å². The molecule has 0 fully saturated rings. The molecule has 1 nitrogen and oxygen atoms in total. The van der Waals surface area contributed by atoms with Crippen LogP contribution in [-0.2, 0) is 0 Å². The summed E-state index contributed by atoms with van der Waals surface area (Å²) in [6.07, 6.45) is 13.6. The molecule has 2 unspecified atom stereocenters. The Bertz CT molecular complexity index is 716. The summed E-state index contributed by atoms with van der Waals surface area (Å²) < 4.78 is 2.42. The molecule has 1 aliphatic carbocycles. The summed E-state index contributed by atoms with van der Waals surface area (Å²) in [6.45, 7) is 8.90. The Labute approximate surface area is 128 Å². The maximum Gasteiger partial charge on any atom is 0.207 e. The highest BCUT2D eigenvalue weighted by atomic mass is 15.0. The van der Waals surface area contributed by atoms with Crippen molar-refractivity contribution in [3.8, 4) is 0 Å². The van der Waals surface area contributed by atoms with Gasteiger partial charge in [0, 0.05) is 11.6 Å². The fourth-order valence-electron chi connectivity index (χ4n) is 3.55. The lowest BCUT2D eigenvalue weighted by atomic mass is 9.76. The van der Waals surface area contributed by atoms with E-state index < -0.39 is 0 Å². The predicted octanol–water partition coefficient (Wildman–Crippen LogP) is 4.11. The van der Waals surface area contributed by atoms with Crippen molar-refractivity contribution in [2.75, 3.05) is 7.05 Å². The van der Waals surface area contributed by atoms with E-state index in [2.05, 4.69) is 87.9 Å². The minimum absolute atomic E-state index is 0.0970. The molecule has 0 saturated carbocycles. The average molecular weight is 278 g/mol. The normalized spacial score (nSPS) is 27.2. The van der Waals surface area contributed by atoms with Gasteiger partial charge >= 0.3 is 0 Å². The van der Waals surface area contributed by atoms with E-state index in [0.717, 1.165) is 0 Å². The summed E-state index contributed by atoms with van der Waals surface area (Å²) in [5.74, 6) is 0. The number of hydrogen-bond donors (Lipinski definition) is 0. The van der Waals surface area contributed by atoms with Gasteiger partial charge in [0.15, 0.2) is 6.04 Å². The van der Waals surface area contributed by atoms with Gasteiger partial charge in [-0.15, -0.1) is 0 Å². The van der Waals surface area contributed by atoms with Gasteiger partial charge in [0.25, 0.3) is 0 Å². The van der Waals surface area contributed by atoms with E-state index in [4.69, 9.17) is 0 Å². The van der Waals surface area contributed by atoms with E-state index in [1.165, 1.54) is 28.0 Å². The molecule has 1 aromatic rings. The number of hydrogen-bond acceptors (Lipinski definition) is 0. The van der Waals surface area contributed by atoms with E-state index in [1.54, 1.807) is 0 Å². The fourth-order valence-corrected chi connectivity index (χ4v) is 3.55. The van der Waals surface area contributed by atoms with Crippen molar-refractivity contribution in [1.29, 1.82) is 0 Å². The summed E-state index contributed by atoms with van der Waals surface area (Å²) in [4.78, 5) is 0. The van der Waals surface area contributed by atoms with Crippen molar-refractivity contribution in [2.24, 2.45) is 5.41 Å². The molecule has 108 valence electrons. The van der Waals surface area contributed by atoms with E-state index in [9.17, 15) is 0 Å².